The van der Waals surface area contributed by atoms with Crippen molar-refractivity contribution in [2.75, 3.05) is 5.43 Å². The molecule has 4 nitrogen and oxygen atoms in total. The van der Waals surface area contributed by atoms with Gasteiger partial charge in [-0.1, -0.05) is 0 Å². The molecule has 0 saturated carbocycles. The highest BCUT2D eigenvalue weighted by atomic mass is 35.5. The van der Waals surface area contributed by atoms with Crippen LogP contribution in [0.1, 0.15) is 0 Å². The molecule has 1 heterocycles. The lowest BCUT2D eigenvalue weighted by Gasteiger charge is -1.98. The Balaban J connectivity index is 3.09. The van der Waals surface area contributed by atoms with Gasteiger partial charge in [-0.2, -0.15) is 4.98 Å². The van der Waals surface area contributed by atoms with Crippen molar-refractivity contribution in [3.63, 3.8) is 0 Å². The molecule has 1 aromatic heterocycles. The van der Waals surface area contributed by atoms with Crippen LogP contribution in [0.15, 0.2) is 6.20 Å². The summed E-state index contributed by atoms with van der Waals surface area (Å²) >= 11 is 5.31. The largest absolute Gasteiger partial charge is 0.306 e. The van der Waals surface area contributed by atoms with Gasteiger partial charge >= 0.3 is 0 Å². The molecule has 54 valence electrons. The van der Waals surface area contributed by atoms with Crippen molar-refractivity contribution >= 4 is 17.4 Å². The number of hydrazine groups is 1. The lowest BCUT2D eigenvalue weighted by atomic mass is 10.6. The van der Waals surface area contributed by atoms with E-state index >= 15 is 0 Å². The summed E-state index contributed by atoms with van der Waals surface area (Å²) < 4.78 is 12.4. The summed E-state index contributed by atoms with van der Waals surface area (Å²) in [5.41, 5.74) is 2.03. The first-order valence-electron chi connectivity index (χ1n) is 2.38. The van der Waals surface area contributed by atoms with Crippen LogP contribution in [-0.4, -0.2) is 9.97 Å². The van der Waals surface area contributed by atoms with Crippen LogP contribution in [0.25, 0.3) is 0 Å². The summed E-state index contributed by atoms with van der Waals surface area (Å²) in [6.45, 7) is 0. The van der Waals surface area contributed by atoms with Gasteiger partial charge in [0.05, 0.1) is 6.20 Å². The van der Waals surface area contributed by atoms with E-state index in [1.165, 1.54) is 0 Å². The molecule has 0 saturated heterocycles. The standard InChI is InChI=1S/C4H4ClFN4/c5-4-8-1-2(6)3(9-4)10-7/h1H,7H2,(H,8,9,10). The van der Waals surface area contributed by atoms with Gasteiger partial charge in [0.1, 0.15) is 0 Å². The third-order valence-corrected chi connectivity index (χ3v) is 1.03. The maximum Gasteiger partial charge on any atom is 0.224 e. The van der Waals surface area contributed by atoms with E-state index in [-0.39, 0.29) is 11.1 Å². The van der Waals surface area contributed by atoms with Crippen molar-refractivity contribution in [3.05, 3.63) is 17.3 Å². The number of hydrogen-bond acceptors (Lipinski definition) is 4. The number of nitrogens with one attached hydrogen (secondary N) is 1. The van der Waals surface area contributed by atoms with Gasteiger partial charge in [-0.3, -0.25) is 0 Å². The van der Waals surface area contributed by atoms with Crippen molar-refractivity contribution in [3.8, 4) is 0 Å². The second-order valence-corrected chi connectivity index (χ2v) is 1.82. The van der Waals surface area contributed by atoms with Crippen LogP contribution < -0.4 is 11.3 Å². The molecule has 0 aliphatic rings. The lowest BCUT2D eigenvalue weighted by Crippen LogP contribution is -2.10. The lowest BCUT2D eigenvalue weighted by molar-refractivity contribution is 0.617. The first-order valence-corrected chi connectivity index (χ1v) is 2.76. The van der Waals surface area contributed by atoms with E-state index in [2.05, 4.69) is 9.97 Å². The Morgan fingerprint density at radius 3 is 2.90 bits per heavy atom. The number of rotatable bonds is 1. The molecule has 0 atom stereocenters. The Hall–Kier alpha value is -0.940. The van der Waals surface area contributed by atoms with E-state index in [4.69, 9.17) is 17.4 Å². The summed E-state index contributed by atoms with van der Waals surface area (Å²) in [5.74, 6) is 4.14. The van der Waals surface area contributed by atoms with Crippen molar-refractivity contribution in [1.29, 1.82) is 0 Å². The van der Waals surface area contributed by atoms with E-state index in [1.807, 2.05) is 5.43 Å². The van der Waals surface area contributed by atoms with E-state index < -0.39 is 5.82 Å². The Labute approximate surface area is 61.2 Å². The molecule has 3 N–H and O–H groups in total. The number of halogens is 2. The predicted octanol–water partition coefficient (Wildman–Crippen LogP) is 0.555. The average molecular weight is 163 g/mol. The average Bonchev–Trinajstić information content (AvgIpc) is 1.94. The third-order valence-electron chi connectivity index (χ3n) is 0.851. The van der Waals surface area contributed by atoms with Gasteiger partial charge in [0.25, 0.3) is 0 Å². The van der Waals surface area contributed by atoms with Crippen molar-refractivity contribution in [2.45, 2.75) is 0 Å². The molecule has 10 heavy (non-hydrogen) atoms. The first kappa shape index (κ1) is 7.17. The van der Waals surface area contributed by atoms with Gasteiger partial charge in [0.2, 0.25) is 5.28 Å². The van der Waals surface area contributed by atoms with Gasteiger partial charge in [-0.05, 0) is 11.6 Å². The Kier molecular flexibility index (Phi) is 1.98. The maximum atomic E-state index is 12.4. The summed E-state index contributed by atoms with van der Waals surface area (Å²) in [7, 11) is 0. The highest BCUT2D eigenvalue weighted by Gasteiger charge is 2.01. The van der Waals surface area contributed by atoms with Crippen molar-refractivity contribution in [1.82, 2.24) is 9.97 Å². The van der Waals surface area contributed by atoms with Gasteiger partial charge in [0, 0.05) is 0 Å². The second-order valence-electron chi connectivity index (χ2n) is 1.48. The number of nitrogen functional groups attached to an aromatic ring is 1. The predicted molar refractivity (Wildman–Crippen MR) is 34.8 cm³/mol. The topological polar surface area (TPSA) is 63.8 Å². The minimum atomic E-state index is -0.632. The smallest absolute Gasteiger partial charge is 0.224 e. The highest BCUT2D eigenvalue weighted by molar-refractivity contribution is 6.28. The normalized spacial score (nSPS) is 9.50. The zero-order valence-electron chi connectivity index (χ0n) is 4.81. The van der Waals surface area contributed by atoms with Crippen LogP contribution >= 0.6 is 11.6 Å². The molecule has 1 aromatic rings. The van der Waals surface area contributed by atoms with Crippen LogP contribution in [0, 0.1) is 5.82 Å². The van der Waals surface area contributed by atoms with Crippen LogP contribution in [0.5, 0.6) is 0 Å². The molecule has 0 aliphatic heterocycles. The molecule has 0 radical (unpaired) electrons. The molecule has 0 unspecified atom stereocenters. The fraction of sp³-hybridized carbons (Fsp3) is 0. The quantitative estimate of drug-likeness (QED) is 0.360. The number of nitrogens with zero attached hydrogens (tertiary/aromatic N) is 2. The fourth-order valence-corrected chi connectivity index (χ4v) is 0.580. The number of hydrogen-bond donors (Lipinski definition) is 2. The monoisotopic (exact) mass is 162 g/mol. The van der Waals surface area contributed by atoms with E-state index in [1.54, 1.807) is 0 Å². The van der Waals surface area contributed by atoms with Crippen LogP contribution in [0.2, 0.25) is 5.28 Å². The van der Waals surface area contributed by atoms with E-state index in [0.717, 1.165) is 6.20 Å². The maximum absolute atomic E-state index is 12.4. The molecule has 0 spiro atoms. The molecule has 0 aliphatic carbocycles. The molecular formula is C4H4ClFN4. The van der Waals surface area contributed by atoms with E-state index in [0.29, 0.717) is 0 Å². The second kappa shape index (κ2) is 2.76. The Bertz CT molecular complexity index is 241. The summed E-state index contributed by atoms with van der Waals surface area (Å²) in [4.78, 5) is 6.81. The molecule has 0 fully saturated rings. The molecule has 0 bridgehead atoms. The summed E-state index contributed by atoms with van der Waals surface area (Å²) in [6, 6.07) is 0. The minimum Gasteiger partial charge on any atom is -0.306 e. The van der Waals surface area contributed by atoms with Crippen LogP contribution in [0.3, 0.4) is 0 Å². The molecular weight excluding hydrogens is 159 g/mol. The SMILES string of the molecule is NNc1nc(Cl)ncc1F. The molecule has 6 heteroatoms. The number of nitrogens with two attached hydrogens (primary N) is 1. The number of aromatic nitrogens is 2. The third kappa shape index (κ3) is 1.31. The highest BCUT2D eigenvalue weighted by Crippen LogP contribution is 2.09. The van der Waals surface area contributed by atoms with Gasteiger partial charge < -0.3 is 5.43 Å². The minimum absolute atomic E-state index is 0.0469. The zero-order valence-corrected chi connectivity index (χ0v) is 5.56. The summed E-state index contributed by atoms with van der Waals surface area (Å²) in [6.07, 6.45) is 0.935. The Morgan fingerprint density at radius 2 is 2.40 bits per heavy atom. The van der Waals surface area contributed by atoms with Gasteiger partial charge in [-0.25, -0.2) is 15.2 Å². The van der Waals surface area contributed by atoms with Gasteiger partial charge in [-0.15, -0.1) is 0 Å². The fourth-order valence-electron chi connectivity index (χ4n) is 0.447. The number of anilines is 1. The zero-order chi connectivity index (χ0) is 7.56. The molecule has 0 amide bonds. The van der Waals surface area contributed by atoms with Gasteiger partial charge in [0.15, 0.2) is 11.6 Å². The first-order chi connectivity index (χ1) is 4.74. The van der Waals surface area contributed by atoms with Crippen molar-refractivity contribution < 1.29 is 4.39 Å². The molecule has 1 rings (SSSR count). The van der Waals surface area contributed by atoms with Crippen LogP contribution in [0.4, 0.5) is 10.2 Å². The molecule has 0 aromatic carbocycles. The van der Waals surface area contributed by atoms with Crippen molar-refractivity contribution in [2.24, 2.45) is 5.84 Å². The van der Waals surface area contributed by atoms with E-state index in [9.17, 15) is 4.39 Å². The Morgan fingerprint density at radius 1 is 1.70 bits per heavy atom. The summed E-state index contributed by atoms with van der Waals surface area (Å²) in [5, 5.41) is -0.0469. The van der Waals surface area contributed by atoms with Crippen LogP contribution in [-0.2, 0) is 0 Å².